The fourth-order valence-corrected chi connectivity index (χ4v) is 1.77. The first-order chi connectivity index (χ1) is 7.98. The molecule has 7 heteroatoms. The number of carbonyl (C=O) groups is 1. The molecule has 0 aliphatic carbocycles. The van der Waals surface area contributed by atoms with Crippen LogP contribution in [-0.4, -0.2) is 51.1 Å². The van der Waals surface area contributed by atoms with E-state index in [-0.39, 0.29) is 17.4 Å². The quantitative estimate of drug-likeness (QED) is 0.754. The van der Waals surface area contributed by atoms with Gasteiger partial charge in [-0.05, 0) is 0 Å². The Bertz CT molecular complexity index is 384. The lowest BCUT2D eigenvalue weighted by Gasteiger charge is -2.35. The zero-order valence-electron chi connectivity index (χ0n) is 10.3. The van der Waals surface area contributed by atoms with Crippen LogP contribution in [0.1, 0.15) is 32.7 Å². The third kappa shape index (κ3) is 2.60. The number of hydrogen-bond acceptors (Lipinski definition) is 5. The van der Waals surface area contributed by atoms with Crippen molar-refractivity contribution in [2.45, 2.75) is 26.9 Å². The molecular weight excluding hydrogens is 222 g/mol. The molecule has 1 aliphatic heterocycles. The summed E-state index contributed by atoms with van der Waals surface area (Å²) in [5.41, 5.74) is -0.376. The summed E-state index contributed by atoms with van der Waals surface area (Å²) in [5.74, 6) is 0.616. The van der Waals surface area contributed by atoms with Gasteiger partial charge < -0.3 is 9.64 Å². The molecule has 94 valence electrons. The van der Waals surface area contributed by atoms with Crippen molar-refractivity contribution >= 4 is 5.91 Å². The molecule has 0 saturated carbocycles. The molecule has 1 saturated heterocycles. The highest BCUT2D eigenvalue weighted by atomic mass is 16.5. The first-order valence-corrected chi connectivity index (χ1v) is 5.63. The van der Waals surface area contributed by atoms with E-state index in [1.807, 2.05) is 20.8 Å². The van der Waals surface area contributed by atoms with Crippen molar-refractivity contribution in [1.82, 2.24) is 25.5 Å². The predicted molar refractivity (Wildman–Crippen MR) is 58.9 cm³/mol. The molecular formula is C10H17N5O2. The number of aromatic nitrogens is 4. The van der Waals surface area contributed by atoms with E-state index in [0.29, 0.717) is 25.5 Å². The molecule has 7 nitrogen and oxygen atoms in total. The van der Waals surface area contributed by atoms with Gasteiger partial charge >= 0.3 is 0 Å². The molecule has 17 heavy (non-hydrogen) atoms. The van der Waals surface area contributed by atoms with Gasteiger partial charge in [0.05, 0.1) is 13.2 Å². The van der Waals surface area contributed by atoms with E-state index in [0.717, 1.165) is 0 Å². The summed E-state index contributed by atoms with van der Waals surface area (Å²) >= 11 is 0. The van der Waals surface area contributed by atoms with Gasteiger partial charge in [0.25, 0.3) is 0 Å². The molecule has 1 amide bonds. The summed E-state index contributed by atoms with van der Waals surface area (Å²) in [4.78, 5) is 13.9. The van der Waals surface area contributed by atoms with Crippen LogP contribution in [0.4, 0.5) is 0 Å². The molecule has 1 unspecified atom stereocenters. The van der Waals surface area contributed by atoms with E-state index in [4.69, 9.17) is 4.74 Å². The second-order valence-corrected chi connectivity index (χ2v) is 5.13. The molecule has 2 heterocycles. The minimum Gasteiger partial charge on any atom is -0.366 e. The predicted octanol–water partition coefficient (Wildman–Crippen LogP) is 0.146. The topological polar surface area (TPSA) is 84.0 Å². The van der Waals surface area contributed by atoms with Gasteiger partial charge in [0.2, 0.25) is 11.7 Å². The summed E-state index contributed by atoms with van der Waals surface area (Å²) < 4.78 is 5.54. The smallest absolute Gasteiger partial charge is 0.228 e. The van der Waals surface area contributed by atoms with E-state index in [2.05, 4.69) is 20.6 Å². The Balaban J connectivity index is 2.05. The van der Waals surface area contributed by atoms with Crippen LogP contribution in [0.3, 0.4) is 0 Å². The van der Waals surface area contributed by atoms with Crippen LogP contribution in [0.5, 0.6) is 0 Å². The molecule has 1 aliphatic rings. The van der Waals surface area contributed by atoms with Gasteiger partial charge in [-0.1, -0.05) is 26.0 Å². The number of amides is 1. The average molecular weight is 239 g/mol. The van der Waals surface area contributed by atoms with E-state index in [9.17, 15) is 4.79 Å². The van der Waals surface area contributed by atoms with E-state index in [1.54, 1.807) is 4.90 Å². The SMILES string of the molecule is CC(C)(C)C(=O)N1CCOC(c2nn[nH]n2)C1. The van der Waals surface area contributed by atoms with Gasteiger partial charge in [-0.2, -0.15) is 5.21 Å². The van der Waals surface area contributed by atoms with Gasteiger partial charge in [0.15, 0.2) is 0 Å². The molecule has 1 fully saturated rings. The maximum Gasteiger partial charge on any atom is 0.228 e. The van der Waals surface area contributed by atoms with Crippen LogP contribution in [0, 0.1) is 5.41 Å². The molecule has 1 N–H and O–H groups in total. The minimum absolute atomic E-state index is 0.120. The van der Waals surface area contributed by atoms with Crippen LogP contribution in [0.2, 0.25) is 0 Å². The van der Waals surface area contributed by atoms with Crippen molar-refractivity contribution in [1.29, 1.82) is 0 Å². The molecule has 0 aromatic carbocycles. The summed E-state index contributed by atoms with van der Waals surface area (Å²) in [6.45, 7) is 7.33. The maximum atomic E-state index is 12.1. The van der Waals surface area contributed by atoms with Crippen LogP contribution < -0.4 is 0 Å². The fraction of sp³-hybridized carbons (Fsp3) is 0.800. The second kappa shape index (κ2) is 4.40. The molecule has 1 aromatic rings. The number of rotatable bonds is 1. The lowest BCUT2D eigenvalue weighted by molar-refractivity contribution is -0.147. The second-order valence-electron chi connectivity index (χ2n) is 5.13. The number of nitrogens with zero attached hydrogens (tertiary/aromatic N) is 4. The number of H-pyrrole nitrogens is 1. The number of morpholine rings is 1. The Morgan fingerprint density at radius 2 is 2.29 bits per heavy atom. The molecule has 1 atom stereocenters. The van der Waals surface area contributed by atoms with E-state index < -0.39 is 0 Å². The van der Waals surface area contributed by atoms with E-state index >= 15 is 0 Å². The van der Waals surface area contributed by atoms with Crippen molar-refractivity contribution in [3.63, 3.8) is 0 Å². The van der Waals surface area contributed by atoms with Crippen LogP contribution in [-0.2, 0) is 9.53 Å². The number of carbonyl (C=O) groups excluding carboxylic acids is 1. The van der Waals surface area contributed by atoms with E-state index in [1.165, 1.54) is 0 Å². The monoisotopic (exact) mass is 239 g/mol. The van der Waals surface area contributed by atoms with Crippen molar-refractivity contribution in [2.75, 3.05) is 19.7 Å². The zero-order chi connectivity index (χ0) is 12.5. The number of hydrogen-bond donors (Lipinski definition) is 1. The molecule has 0 bridgehead atoms. The fourth-order valence-electron chi connectivity index (χ4n) is 1.77. The molecule has 0 radical (unpaired) electrons. The van der Waals surface area contributed by atoms with Crippen molar-refractivity contribution < 1.29 is 9.53 Å². The summed E-state index contributed by atoms with van der Waals surface area (Å²) in [5, 5.41) is 13.7. The Morgan fingerprint density at radius 3 is 2.88 bits per heavy atom. The highest BCUT2D eigenvalue weighted by molar-refractivity contribution is 5.81. The first kappa shape index (κ1) is 12.0. The summed E-state index contributed by atoms with van der Waals surface area (Å²) in [6, 6.07) is 0. The largest absolute Gasteiger partial charge is 0.366 e. The average Bonchev–Trinajstić information content (AvgIpc) is 2.80. The Kier molecular flexibility index (Phi) is 3.10. The Hall–Kier alpha value is -1.50. The summed E-state index contributed by atoms with van der Waals surface area (Å²) in [7, 11) is 0. The van der Waals surface area contributed by atoms with Crippen LogP contribution >= 0.6 is 0 Å². The van der Waals surface area contributed by atoms with Crippen molar-refractivity contribution in [3.05, 3.63) is 5.82 Å². The number of nitrogens with one attached hydrogen (secondary N) is 1. The molecule has 0 spiro atoms. The van der Waals surface area contributed by atoms with Gasteiger partial charge in [0, 0.05) is 12.0 Å². The van der Waals surface area contributed by atoms with Gasteiger partial charge in [-0.25, -0.2) is 0 Å². The Labute approximate surface area is 99.5 Å². The summed E-state index contributed by atoms with van der Waals surface area (Å²) in [6.07, 6.45) is -0.284. The van der Waals surface area contributed by atoms with Crippen molar-refractivity contribution in [3.8, 4) is 0 Å². The standard InChI is InChI=1S/C10H17N5O2/c1-10(2,3)9(16)15-4-5-17-7(6-15)8-11-13-14-12-8/h7H,4-6H2,1-3H3,(H,11,12,13,14). The normalized spacial score (nSPS) is 21.6. The first-order valence-electron chi connectivity index (χ1n) is 5.63. The lowest BCUT2D eigenvalue weighted by Crippen LogP contribution is -2.47. The highest BCUT2D eigenvalue weighted by Gasteiger charge is 2.33. The number of aromatic amines is 1. The van der Waals surface area contributed by atoms with Crippen LogP contribution in [0.15, 0.2) is 0 Å². The molecule has 2 rings (SSSR count). The third-order valence-electron chi connectivity index (χ3n) is 2.64. The van der Waals surface area contributed by atoms with Gasteiger partial charge in [-0.15, -0.1) is 10.2 Å². The molecule has 1 aromatic heterocycles. The highest BCUT2D eigenvalue weighted by Crippen LogP contribution is 2.23. The van der Waals surface area contributed by atoms with Gasteiger partial charge in [-0.3, -0.25) is 4.79 Å². The zero-order valence-corrected chi connectivity index (χ0v) is 10.3. The number of tetrazole rings is 1. The Morgan fingerprint density at radius 1 is 1.53 bits per heavy atom. The minimum atomic E-state index is -0.376. The number of ether oxygens (including phenoxy) is 1. The van der Waals surface area contributed by atoms with Crippen molar-refractivity contribution in [2.24, 2.45) is 5.41 Å². The maximum absolute atomic E-state index is 12.1. The lowest BCUT2D eigenvalue weighted by atomic mass is 9.94. The third-order valence-corrected chi connectivity index (χ3v) is 2.64. The van der Waals surface area contributed by atoms with Crippen LogP contribution in [0.25, 0.3) is 0 Å². The van der Waals surface area contributed by atoms with Gasteiger partial charge in [0.1, 0.15) is 6.10 Å².